The Kier molecular flexibility index (Phi) is 19.4. The SMILES string of the molecule is C.CC(=O)c1ccc(N=C(C)CN2CCC(c3cccc(C)n3)CC2)c(C)c1.CC(C)Cc1ccc(C#N)cc1.CCCC(C)CC. The van der Waals surface area contributed by atoms with E-state index in [9.17, 15) is 4.79 Å². The number of hydrogen-bond acceptors (Lipinski definition) is 5. The molecule has 3 aromatic rings. The van der Waals surface area contributed by atoms with Crippen LogP contribution in [-0.4, -0.2) is 41.0 Å². The lowest BCUT2D eigenvalue weighted by molar-refractivity contribution is 0.101. The smallest absolute Gasteiger partial charge is 0.159 e. The van der Waals surface area contributed by atoms with Crippen LogP contribution in [0.3, 0.4) is 0 Å². The van der Waals surface area contributed by atoms with Crippen molar-refractivity contribution in [2.75, 3.05) is 19.6 Å². The number of carbonyl (C=O) groups excluding carboxylic acids is 1. The Labute approximate surface area is 287 Å². The monoisotopic (exact) mass is 638 g/mol. The predicted molar refractivity (Wildman–Crippen MR) is 202 cm³/mol. The van der Waals surface area contributed by atoms with Gasteiger partial charge in [0.1, 0.15) is 0 Å². The highest BCUT2D eigenvalue weighted by molar-refractivity contribution is 5.95. The van der Waals surface area contributed by atoms with Crippen molar-refractivity contribution in [3.05, 3.63) is 94.3 Å². The first kappa shape index (κ1) is 41.4. The van der Waals surface area contributed by atoms with Gasteiger partial charge in [-0.15, -0.1) is 0 Å². The molecule has 1 saturated heterocycles. The Bertz CT molecular complexity index is 1410. The molecular formula is C42H62N4O. The normalized spacial score (nSPS) is 14.1. The maximum absolute atomic E-state index is 11.5. The van der Waals surface area contributed by atoms with Gasteiger partial charge in [-0.25, -0.2) is 0 Å². The molecule has 0 bridgehead atoms. The third-order valence-electron chi connectivity index (χ3n) is 8.49. The third-order valence-corrected chi connectivity index (χ3v) is 8.49. The second-order valence-corrected chi connectivity index (χ2v) is 13.4. The molecule has 4 rings (SSSR count). The fraction of sp³-hybridized carbons (Fsp3) is 0.524. The first-order chi connectivity index (χ1) is 21.9. The molecule has 1 aromatic heterocycles. The summed E-state index contributed by atoms with van der Waals surface area (Å²) in [5.74, 6) is 2.29. The van der Waals surface area contributed by atoms with Crippen LogP contribution in [0.5, 0.6) is 0 Å². The van der Waals surface area contributed by atoms with Crippen LogP contribution in [0, 0.1) is 37.0 Å². The Morgan fingerprint density at radius 2 is 1.66 bits per heavy atom. The molecule has 0 amide bonds. The van der Waals surface area contributed by atoms with Gasteiger partial charge in [-0.2, -0.15) is 5.26 Å². The number of benzene rings is 2. The van der Waals surface area contributed by atoms with Gasteiger partial charge >= 0.3 is 0 Å². The summed E-state index contributed by atoms with van der Waals surface area (Å²) in [6.07, 6.45) is 7.47. The van der Waals surface area contributed by atoms with Crippen LogP contribution in [0.25, 0.3) is 0 Å². The van der Waals surface area contributed by atoms with Crippen LogP contribution in [0.2, 0.25) is 0 Å². The molecule has 2 aromatic carbocycles. The summed E-state index contributed by atoms with van der Waals surface area (Å²) in [5.41, 5.74) is 8.25. The number of carbonyl (C=O) groups is 1. The molecule has 47 heavy (non-hydrogen) atoms. The Morgan fingerprint density at radius 1 is 1.00 bits per heavy atom. The summed E-state index contributed by atoms with van der Waals surface area (Å²) >= 11 is 0. The summed E-state index contributed by atoms with van der Waals surface area (Å²) in [6, 6.07) is 22.0. The van der Waals surface area contributed by atoms with E-state index >= 15 is 0 Å². The molecule has 1 unspecified atom stereocenters. The molecule has 1 aliphatic heterocycles. The highest BCUT2D eigenvalue weighted by atomic mass is 16.1. The number of rotatable bonds is 10. The lowest BCUT2D eigenvalue weighted by Crippen LogP contribution is -2.36. The number of pyridine rings is 1. The quantitative estimate of drug-likeness (QED) is 0.164. The van der Waals surface area contributed by atoms with Crippen LogP contribution in [0.15, 0.2) is 65.7 Å². The summed E-state index contributed by atoms with van der Waals surface area (Å²) in [4.78, 5) is 23.5. The molecule has 0 radical (unpaired) electrons. The summed E-state index contributed by atoms with van der Waals surface area (Å²) in [7, 11) is 0. The number of nitriles is 1. The van der Waals surface area contributed by atoms with Crippen LogP contribution in [-0.2, 0) is 6.42 Å². The van der Waals surface area contributed by atoms with E-state index in [1.54, 1.807) is 6.92 Å². The molecule has 2 heterocycles. The molecular weight excluding hydrogens is 576 g/mol. The number of piperidine rings is 1. The first-order valence-corrected chi connectivity index (χ1v) is 17.3. The van der Waals surface area contributed by atoms with E-state index in [2.05, 4.69) is 77.6 Å². The minimum atomic E-state index is 0. The zero-order valence-corrected chi connectivity index (χ0v) is 30.1. The van der Waals surface area contributed by atoms with Crippen molar-refractivity contribution in [3.63, 3.8) is 0 Å². The Hall–Kier alpha value is -3.62. The summed E-state index contributed by atoms with van der Waals surface area (Å²) in [6.45, 7) is 22.0. The average Bonchev–Trinajstić information content (AvgIpc) is 3.03. The molecule has 5 heteroatoms. The van der Waals surface area contributed by atoms with Crippen molar-refractivity contribution in [1.29, 1.82) is 5.26 Å². The molecule has 0 spiro atoms. The van der Waals surface area contributed by atoms with E-state index in [-0.39, 0.29) is 13.2 Å². The van der Waals surface area contributed by atoms with Crippen LogP contribution >= 0.6 is 0 Å². The zero-order chi connectivity index (χ0) is 34.1. The molecule has 0 saturated carbocycles. The minimum absolute atomic E-state index is 0. The summed E-state index contributed by atoms with van der Waals surface area (Å²) < 4.78 is 0. The predicted octanol–water partition coefficient (Wildman–Crippen LogP) is 11.1. The molecule has 1 atom stereocenters. The van der Waals surface area contributed by atoms with Gasteiger partial charge in [0.15, 0.2) is 5.78 Å². The second kappa shape index (κ2) is 22.0. The first-order valence-electron chi connectivity index (χ1n) is 17.3. The zero-order valence-electron chi connectivity index (χ0n) is 30.1. The van der Waals surface area contributed by atoms with E-state index in [1.807, 2.05) is 49.4 Å². The number of aryl methyl sites for hydroxylation is 2. The lowest BCUT2D eigenvalue weighted by Gasteiger charge is -2.31. The fourth-order valence-corrected chi connectivity index (χ4v) is 5.63. The maximum Gasteiger partial charge on any atom is 0.159 e. The largest absolute Gasteiger partial charge is 0.298 e. The van der Waals surface area contributed by atoms with Gasteiger partial charge in [-0.05, 0) is 125 Å². The molecule has 0 aliphatic carbocycles. The average molecular weight is 639 g/mol. The topological polar surface area (TPSA) is 69.3 Å². The van der Waals surface area contributed by atoms with E-state index in [0.717, 1.165) is 78.6 Å². The van der Waals surface area contributed by atoms with Crippen molar-refractivity contribution in [2.24, 2.45) is 16.8 Å². The minimum Gasteiger partial charge on any atom is -0.298 e. The molecule has 0 N–H and O–H groups in total. The van der Waals surface area contributed by atoms with Gasteiger partial charge in [0.05, 0.1) is 17.3 Å². The highest BCUT2D eigenvalue weighted by Gasteiger charge is 2.21. The van der Waals surface area contributed by atoms with Crippen molar-refractivity contribution in [3.8, 4) is 6.07 Å². The van der Waals surface area contributed by atoms with Crippen LogP contribution < -0.4 is 0 Å². The second-order valence-electron chi connectivity index (χ2n) is 13.4. The van der Waals surface area contributed by atoms with Crippen molar-refractivity contribution < 1.29 is 4.79 Å². The lowest BCUT2D eigenvalue weighted by atomic mass is 9.93. The number of likely N-dealkylation sites (tertiary alicyclic amines) is 1. The number of aliphatic imine (C=N–C) groups is 1. The third kappa shape index (κ3) is 15.7. The van der Waals surface area contributed by atoms with E-state index in [0.29, 0.717) is 11.8 Å². The van der Waals surface area contributed by atoms with Crippen molar-refractivity contribution >= 4 is 17.2 Å². The fourth-order valence-electron chi connectivity index (χ4n) is 5.63. The van der Waals surface area contributed by atoms with Gasteiger partial charge in [-0.1, -0.05) is 79.5 Å². The van der Waals surface area contributed by atoms with Gasteiger partial charge < -0.3 is 0 Å². The Morgan fingerprint density at radius 3 is 2.15 bits per heavy atom. The van der Waals surface area contributed by atoms with Gasteiger partial charge in [0, 0.05) is 35.1 Å². The standard InChI is InChI=1S/C23H29N3O.C11H13N.C7H16.CH4/c1-16-14-21(19(4)27)8-9-22(16)25-18(3)15-26-12-10-20(11-13-26)23-7-5-6-17(2)24-23;1-9(2)7-10-3-5-11(8-12)6-4-10;1-4-6-7(3)5-2;/h5-9,14,20H,10-13,15H2,1-4H3;3-6,9H,7H2,1-2H3;7H,4-6H2,1-3H3;1H4. The molecule has 256 valence electrons. The number of Topliss-reactive ketones (excluding diaryl/α,β-unsaturated/α-hetero) is 1. The van der Waals surface area contributed by atoms with Gasteiger partial charge in [-0.3, -0.25) is 19.7 Å². The number of nitrogens with zero attached hydrogens (tertiary/aromatic N) is 4. The Balaban J connectivity index is 0.000000457. The van der Waals surface area contributed by atoms with Gasteiger partial charge in [0.2, 0.25) is 0 Å². The van der Waals surface area contributed by atoms with E-state index < -0.39 is 0 Å². The number of hydrogen-bond donors (Lipinski definition) is 0. The number of ketones is 1. The van der Waals surface area contributed by atoms with Crippen LogP contribution in [0.4, 0.5) is 5.69 Å². The van der Waals surface area contributed by atoms with E-state index in [1.165, 1.54) is 30.5 Å². The highest BCUT2D eigenvalue weighted by Crippen LogP contribution is 2.27. The summed E-state index contributed by atoms with van der Waals surface area (Å²) in [5, 5.41) is 8.56. The van der Waals surface area contributed by atoms with Crippen molar-refractivity contribution in [2.45, 2.75) is 114 Å². The van der Waals surface area contributed by atoms with E-state index in [4.69, 9.17) is 15.2 Å². The molecule has 5 nitrogen and oxygen atoms in total. The maximum atomic E-state index is 11.5. The van der Waals surface area contributed by atoms with Gasteiger partial charge in [0.25, 0.3) is 0 Å². The van der Waals surface area contributed by atoms with Crippen LogP contribution in [0.1, 0.15) is 132 Å². The molecule has 1 fully saturated rings. The molecule has 1 aliphatic rings. The number of aromatic nitrogens is 1. The van der Waals surface area contributed by atoms with Crippen molar-refractivity contribution in [1.82, 2.24) is 9.88 Å².